The highest BCUT2D eigenvalue weighted by atomic mass is 35.5. The van der Waals surface area contributed by atoms with Crippen molar-refractivity contribution < 1.29 is 4.74 Å². The Morgan fingerprint density at radius 2 is 2.36 bits per heavy atom. The molecule has 0 unspecified atom stereocenters. The molecule has 0 radical (unpaired) electrons. The maximum Gasteiger partial charge on any atom is 0.237 e. The second kappa shape index (κ2) is 3.39. The molecule has 0 spiro atoms. The van der Waals surface area contributed by atoms with Crippen LogP contribution in [0.3, 0.4) is 0 Å². The number of anilines is 1. The summed E-state index contributed by atoms with van der Waals surface area (Å²) >= 11 is 5.70. The number of nitrogen functional groups attached to an aromatic ring is 1. The molecule has 60 valence electrons. The SMILES string of the molecule is CCOc1ncnc(N)c1Cl. The smallest absolute Gasteiger partial charge is 0.237 e. The molecule has 5 heteroatoms. The first-order chi connectivity index (χ1) is 5.25. The number of hydrogen-bond donors (Lipinski definition) is 1. The normalized spacial score (nSPS) is 9.64. The van der Waals surface area contributed by atoms with Gasteiger partial charge in [0.1, 0.15) is 17.2 Å². The number of ether oxygens (including phenoxy) is 1. The molecule has 1 aromatic heterocycles. The topological polar surface area (TPSA) is 61.0 Å². The quantitative estimate of drug-likeness (QED) is 0.728. The zero-order chi connectivity index (χ0) is 8.27. The van der Waals surface area contributed by atoms with Gasteiger partial charge < -0.3 is 10.5 Å². The van der Waals surface area contributed by atoms with E-state index in [1.165, 1.54) is 6.33 Å². The van der Waals surface area contributed by atoms with Crippen molar-refractivity contribution in [2.75, 3.05) is 12.3 Å². The Bertz CT molecular complexity index is 254. The van der Waals surface area contributed by atoms with Crippen LogP contribution in [0.4, 0.5) is 5.82 Å². The monoisotopic (exact) mass is 173 g/mol. The molecule has 0 fully saturated rings. The highest BCUT2D eigenvalue weighted by molar-refractivity contribution is 6.33. The fraction of sp³-hybridized carbons (Fsp3) is 0.333. The second-order valence-corrected chi connectivity index (χ2v) is 2.19. The Morgan fingerprint density at radius 1 is 1.64 bits per heavy atom. The van der Waals surface area contributed by atoms with E-state index < -0.39 is 0 Å². The van der Waals surface area contributed by atoms with Crippen molar-refractivity contribution in [1.29, 1.82) is 0 Å². The molecule has 2 N–H and O–H groups in total. The Kier molecular flexibility index (Phi) is 2.48. The molecule has 0 aliphatic rings. The molecule has 0 saturated carbocycles. The van der Waals surface area contributed by atoms with Gasteiger partial charge in [-0.2, -0.15) is 0 Å². The molecular formula is C6H8ClN3O. The molecule has 11 heavy (non-hydrogen) atoms. The number of halogens is 1. The molecule has 0 amide bonds. The number of nitrogens with two attached hydrogens (primary N) is 1. The van der Waals surface area contributed by atoms with Gasteiger partial charge in [-0.15, -0.1) is 0 Å². The zero-order valence-electron chi connectivity index (χ0n) is 6.04. The fourth-order valence-corrected chi connectivity index (χ4v) is 0.756. The summed E-state index contributed by atoms with van der Waals surface area (Å²) in [5.41, 5.74) is 5.39. The van der Waals surface area contributed by atoms with Gasteiger partial charge in [0, 0.05) is 0 Å². The predicted molar refractivity (Wildman–Crippen MR) is 42.6 cm³/mol. The first-order valence-electron chi connectivity index (χ1n) is 3.14. The van der Waals surface area contributed by atoms with Crippen LogP contribution in [0.2, 0.25) is 5.02 Å². The molecule has 1 heterocycles. The zero-order valence-corrected chi connectivity index (χ0v) is 6.80. The number of aromatic nitrogens is 2. The molecule has 0 atom stereocenters. The lowest BCUT2D eigenvalue weighted by atomic mass is 10.5. The van der Waals surface area contributed by atoms with Crippen molar-refractivity contribution in [1.82, 2.24) is 9.97 Å². The highest BCUT2D eigenvalue weighted by Gasteiger charge is 2.05. The third kappa shape index (κ3) is 1.71. The van der Waals surface area contributed by atoms with Crippen LogP contribution in [0.25, 0.3) is 0 Å². The Balaban J connectivity index is 2.96. The summed E-state index contributed by atoms with van der Waals surface area (Å²) in [6, 6.07) is 0. The van der Waals surface area contributed by atoms with Crippen LogP contribution in [-0.2, 0) is 0 Å². The lowest BCUT2D eigenvalue weighted by molar-refractivity contribution is 0.326. The lowest BCUT2D eigenvalue weighted by Gasteiger charge is -2.03. The summed E-state index contributed by atoms with van der Waals surface area (Å²) in [5.74, 6) is 0.576. The van der Waals surface area contributed by atoms with Crippen LogP contribution < -0.4 is 10.5 Å². The van der Waals surface area contributed by atoms with Crippen molar-refractivity contribution in [3.05, 3.63) is 11.3 Å². The summed E-state index contributed by atoms with van der Waals surface area (Å²) in [5, 5.41) is 0.273. The Labute approximate surface area is 69.4 Å². The third-order valence-corrected chi connectivity index (χ3v) is 1.42. The minimum atomic E-state index is 0.241. The third-order valence-electron chi connectivity index (χ3n) is 1.07. The van der Waals surface area contributed by atoms with Gasteiger partial charge in [0.25, 0.3) is 0 Å². The Morgan fingerprint density at radius 3 is 3.00 bits per heavy atom. The molecule has 0 aliphatic heterocycles. The average Bonchev–Trinajstić information content (AvgIpc) is 1.99. The molecule has 0 bridgehead atoms. The van der Waals surface area contributed by atoms with Gasteiger partial charge in [-0.1, -0.05) is 11.6 Å². The molecule has 1 rings (SSSR count). The summed E-state index contributed by atoms with van der Waals surface area (Å²) < 4.78 is 5.05. The van der Waals surface area contributed by atoms with Crippen molar-refractivity contribution >= 4 is 17.4 Å². The minimum absolute atomic E-state index is 0.241. The van der Waals surface area contributed by atoms with E-state index in [0.717, 1.165) is 0 Å². The molecule has 0 aromatic carbocycles. The standard InChI is InChI=1S/C6H8ClN3O/c1-2-11-6-4(7)5(8)9-3-10-6/h3H,2H2,1H3,(H2,8,9,10). The Hall–Kier alpha value is -1.03. The summed E-state index contributed by atoms with van der Waals surface area (Å²) in [6.45, 7) is 2.35. The van der Waals surface area contributed by atoms with E-state index in [-0.39, 0.29) is 10.8 Å². The highest BCUT2D eigenvalue weighted by Crippen LogP contribution is 2.24. The van der Waals surface area contributed by atoms with Gasteiger partial charge in [-0.3, -0.25) is 0 Å². The van der Waals surface area contributed by atoms with Crippen LogP contribution in [-0.4, -0.2) is 16.6 Å². The average molecular weight is 174 g/mol. The summed E-state index contributed by atoms with van der Waals surface area (Å²) in [4.78, 5) is 7.46. The van der Waals surface area contributed by atoms with Gasteiger partial charge in [0.15, 0.2) is 0 Å². The molecule has 0 saturated heterocycles. The van der Waals surface area contributed by atoms with E-state index in [1.54, 1.807) is 0 Å². The largest absolute Gasteiger partial charge is 0.477 e. The maximum absolute atomic E-state index is 5.70. The van der Waals surface area contributed by atoms with Crippen LogP contribution in [0.5, 0.6) is 5.88 Å². The number of rotatable bonds is 2. The first-order valence-corrected chi connectivity index (χ1v) is 3.52. The minimum Gasteiger partial charge on any atom is -0.477 e. The second-order valence-electron chi connectivity index (χ2n) is 1.81. The predicted octanol–water partition coefficient (Wildman–Crippen LogP) is 1.11. The van der Waals surface area contributed by atoms with Gasteiger partial charge in [0.2, 0.25) is 5.88 Å². The molecule has 0 aliphatic carbocycles. The molecule has 1 aromatic rings. The van der Waals surface area contributed by atoms with Crippen LogP contribution in [0, 0.1) is 0 Å². The fourth-order valence-electron chi connectivity index (χ4n) is 0.604. The van der Waals surface area contributed by atoms with Crippen molar-refractivity contribution in [3.63, 3.8) is 0 Å². The van der Waals surface area contributed by atoms with Gasteiger partial charge in [-0.05, 0) is 6.92 Å². The van der Waals surface area contributed by atoms with Crippen LogP contribution in [0.15, 0.2) is 6.33 Å². The van der Waals surface area contributed by atoms with Crippen molar-refractivity contribution in [2.45, 2.75) is 6.92 Å². The van der Waals surface area contributed by atoms with E-state index in [4.69, 9.17) is 22.1 Å². The van der Waals surface area contributed by atoms with Crippen molar-refractivity contribution in [2.24, 2.45) is 0 Å². The van der Waals surface area contributed by atoms with Crippen LogP contribution >= 0.6 is 11.6 Å². The van der Waals surface area contributed by atoms with E-state index in [0.29, 0.717) is 12.5 Å². The lowest BCUT2D eigenvalue weighted by Crippen LogP contribution is -1.99. The summed E-state index contributed by atoms with van der Waals surface area (Å²) in [6.07, 6.45) is 1.31. The molecular weight excluding hydrogens is 166 g/mol. The van der Waals surface area contributed by atoms with Gasteiger partial charge in [-0.25, -0.2) is 9.97 Å². The number of nitrogens with zero attached hydrogens (tertiary/aromatic N) is 2. The van der Waals surface area contributed by atoms with Gasteiger partial charge in [0.05, 0.1) is 6.61 Å². The molecule has 4 nitrogen and oxygen atoms in total. The number of hydrogen-bond acceptors (Lipinski definition) is 4. The van der Waals surface area contributed by atoms with Gasteiger partial charge >= 0.3 is 0 Å². The van der Waals surface area contributed by atoms with Crippen molar-refractivity contribution in [3.8, 4) is 5.88 Å². The van der Waals surface area contributed by atoms with Crippen LogP contribution in [0.1, 0.15) is 6.92 Å². The first kappa shape index (κ1) is 8.07. The maximum atomic E-state index is 5.70. The van der Waals surface area contributed by atoms with E-state index in [2.05, 4.69) is 9.97 Å². The van der Waals surface area contributed by atoms with E-state index in [9.17, 15) is 0 Å². The van der Waals surface area contributed by atoms with E-state index in [1.807, 2.05) is 6.92 Å². The van der Waals surface area contributed by atoms with E-state index >= 15 is 0 Å². The summed E-state index contributed by atoms with van der Waals surface area (Å²) in [7, 11) is 0.